The first-order chi connectivity index (χ1) is 12.9. The van der Waals surface area contributed by atoms with Crippen LogP contribution in [0.3, 0.4) is 0 Å². The van der Waals surface area contributed by atoms with Crippen molar-refractivity contribution >= 4 is 38.3 Å². The smallest absolute Gasteiger partial charge is 0.248 e. The van der Waals surface area contributed by atoms with Crippen LogP contribution in [0.5, 0.6) is 0 Å². The molecular weight excluding hydrogens is 368 g/mol. The summed E-state index contributed by atoms with van der Waals surface area (Å²) in [5, 5.41) is 6.12. The van der Waals surface area contributed by atoms with Crippen LogP contribution in [-0.4, -0.2) is 25.7 Å². The lowest BCUT2D eigenvalue weighted by Gasteiger charge is -2.34. The maximum atomic E-state index is 13.1. The van der Waals surface area contributed by atoms with E-state index in [2.05, 4.69) is 10.1 Å². The highest BCUT2D eigenvalue weighted by Gasteiger charge is 2.45. The van der Waals surface area contributed by atoms with Crippen molar-refractivity contribution in [2.24, 2.45) is 13.0 Å². The first kappa shape index (κ1) is 16.6. The molecule has 0 aliphatic heterocycles. The summed E-state index contributed by atoms with van der Waals surface area (Å²) in [5.74, 6) is -2.49. The number of hydrogen-bond donors (Lipinski definition) is 1. The van der Waals surface area contributed by atoms with Crippen LogP contribution in [0.4, 0.5) is 14.5 Å². The Morgan fingerprint density at radius 3 is 2.93 bits per heavy atom. The van der Waals surface area contributed by atoms with E-state index in [1.165, 1.54) is 11.3 Å². The number of nitrogens with zero attached hydrogens (tertiary/aromatic N) is 4. The lowest BCUT2D eigenvalue weighted by atomic mass is 9.79. The van der Waals surface area contributed by atoms with E-state index >= 15 is 0 Å². The highest BCUT2D eigenvalue weighted by molar-refractivity contribution is 7.19. The standard InChI is InChI=1S/C19H17F2N5S/c1-26-9-12-5-11(8-23-17(12)25-26)14-3-2-13-16(22)15(27-18(13)24-14)4-10-6-19(20,21)7-10/h2-3,5,8-10H,4,6-7,22H2,1H3. The van der Waals surface area contributed by atoms with E-state index < -0.39 is 5.92 Å². The van der Waals surface area contributed by atoms with Gasteiger partial charge in [-0.05, 0) is 30.5 Å². The molecule has 0 radical (unpaired) electrons. The van der Waals surface area contributed by atoms with Crippen LogP contribution in [0.15, 0.2) is 30.6 Å². The number of fused-ring (bicyclic) bond motifs is 2. The Bertz CT molecular complexity index is 1170. The summed E-state index contributed by atoms with van der Waals surface area (Å²) in [6.45, 7) is 0. The summed E-state index contributed by atoms with van der Waals surface area (Å²) in [7, 11) is 1.86. The van der Waals surface area contributed by atoms with Gasteiger partial charge >= 0.3 is 0 Å². The lowest BCUT2D eigenvalue weighted by Crippen LogP contribution is -2.36. The molecule has 5 nitrogen and oxygen atoms in total. The fourth-order valence-corrected chi connectivity index (χ4v) is 4.93. The number of anilines is 1. The highest BCUT2D eigenvalue weighted by Crippen LogP contribution is 2.46. The second-order valence-corrected chi connectivity index (χ2v) is 8.35. The van der Waals surface area contributed by atoms with Crippen molar-refractivity contribution in [3.63, 3.8) is 0 Å². The predicted molar refractivity (Wildman–Crippen MR) is 103 cm³/mol. The number of thiophene rings is 1. The van der Waals surface area contributed by atoms with Crippen molar-refractivity contribution in [2.75, 3.05) is 5.73 Å². The highest BCUT2D eigenvalue weighted by atomic mass is 32.1. The van der Waals surface area contributed by atoms with Gasteiger partial charge in [0.1, 0.15) is 4.83 Å². The molecule has 1 fully saturated rings. The molecule has 1 aliphatic carbocycles. The second kappa shape index (κ2) is 5.69. The Morgan fingerprint density at radius 1 is 1.33 bits per heavy atom. The van der Waals surface area contributed by atoms with Gasteiger partial charge in [-0.2, -0.15) is 5.10 Å². The lowest BCUT2D eigenvalue weighted by molar-refractivity contribution is -0.109. The van der Waals surface area contributed by atoms with Gasteiger partial charge in [-0.3, -0.25) is 4.68 Å². The van der Waals surface area contributed by atoms with Crippen molar-refractivity contribution in [1.29, 1.82) is 0 Å². The summed E-state index contributed by atoms with van der Waals surface area (Å²) in [6.07, 6.45) is 4.19. The monoisotopic (exact) mass is 385 g/mol. The molecule has 27 heavy (non-hydrogen) atoms. The Hall–Kier alpha value is -2.61. The molecule has 8 heteroatoms. The van der Waals surface area contributed by atoms with Gasteiger partial charge < -0.3 is 5.73 Å². The van der Waals surface area contributed by atoms with Crippen LogP contribution in [0.25, 0.3) is 32.5 Å². The zero-order valence-corrected chi connectivity index (χ0v) is 15.4. The third-order valence-corrected chi connectivity index (χ3v) is 6.23. The number of aromatic nitrogens is 4. The fraction of sp³-hybridized carbons (Fsp3) is 0.316. The minimum absolute atomic E-state index is 0.00650. The third kappa shape index (κ3) is 2.84. The first-order valence-electron chi connectivity index (χ1n) is 8.73. The summed E-state index contributed by atoms with van der Waals surface area (Å²) in [5.41, 5.74) is 9.34. The van der Waals surface area contributed by atoms with E-state index in [-0.39, 0.29) is 18.8 Å². The third-order valence-electron chi connectivity index (χ3n) is 5.09. The van der Waals surface area contributed by atoms with E-state index in [1.807, 2.05) is 31.4 Å². The van der Waals surface area contributed by atoms with Crippen molar-refractivity contribution in [1.82, 2.24) is 19.7 Å². The molecule has 4 aromatic rings. The second-order valence-electron chi connectivity index (χ2n) is 7.26. The number of hydrogen-bond acceptors (Lipinski definition) is 5. The van der Waals surface area contributed by atoms with E-state index in [1.54, 1.807) is 10.9 Å². The van der Waals surface area contributed by atoms with Gasteiger partial charge in [0.25, 0.3) is 0 Å². The molecule has 1 saturated carbocycles. The summed E-state index contributed by atoms with van der Waals surface area (Å²) in [6, 6.07) is 5.89. The van der Waals surface area contributed by atoms with Crippen LogP contribution >= 0.6 is 11.3 Å². The quantitative estimate of drug-likeness (QED) is 0.567. The molecular formula is C19H17F2N5S. The van der Waals surface area contributed by atoms with Crippen LogP contribution in [-0.2, 0) is 13.5 Å². The number of halogens is 2. The Balaban J connectivity index is 1.49. The van der Waals surface area contributed by atoms with Gasteiger partial charge in [0, 0.05) is 53.5 Å². The fourth-order valence-electron chi connectivity index (χ4n) is 3.72. The van der Waals surface area contributed by atoms with E-state index in [0.29, 0.717) is 17.8 Å². The number of nitrogen functional groups attached to an aromatic ring is 1. The molecule has 2 N–H and O–H groups in total. The maximum Gasteiger partial charge on any atom is 0.248 e. The normalized spacial score (nSPS) is 16.9. The molecule has 5 rings (SSSR count). The number of aryl methyl sites for hydroxylation is 1. The van der Waals surface area contributed by atoms with E-state index in [9.17, 15) is 8.78 Å². The minimum Gasteiger partial charge on any atom is -0.397 e. The minimum atomic E-state index is -2.50. The van der Waals surface area contributed by atoms with Crippen LogP contribution < -0.4 is 5.73 Å². The molecule has 1 aliphatic rings. The molecule has 0 amide bonds. The molecule has 0 aromatic carbocycles. The summed E-state index contributed by atoms with van der Waals surface area (Å²) < 4.78 is 27.9. The number of pyridine rings is 2. The van der Waals surface area contributed by atoms with Crippen LogP contribution in [0, 0.1) is 5.92 Å². The molecule has 4 heterocycles. The van der Waals surface area contributed by atoms with E-state index in [0.717, 1.165) is 31.7 Å². The number of nitrogens with two attached hydrogens (primary N) is 1. The molecule has 0 spiro atoms. The zero-order valence-electron chi connectivity index (χ0n) is 14.6. The summed E-state index contributed by atoms with van der Waals surface area (Å²) >= 11 is 1.50. The maximum absolute atomic E-state index is 13.1. The molecule has 4 aromatic heterocycles. The molecule has 0 bridgehead atoms. The predicted octanol–water partition coefficient (Wildman–Crippen LogP) is 4.42. The van der Waals surface area contributed by atoms with Crippen LogP contribution in [0.2, 0.25) is 0 Å². The number of rotatable bonds is 3. The van der Waals surface area contributed by atoms with Gasteiger partial charge in [0.2, 0.25) is 5.92 Å². The first-order valence-corrected chi connectivity index (χ1v) is 9.55. The van der Waals surface area contributed by atoms with Gasteiger partial charge in [-0.15, -0.1) is 11.3 Å². The Kier molecular flexibility index (Phi) is 3.49. The van der Waals surface area contributed by atoms with Gasteiger partial charge in [-0.1, -0.05) is 0 Å². The Morgan fingerprint density at radius 2 is 2.15 bits per heavy atom. The largest absolute Gasteiger partial charge is 0.397 e. The van der Waals surface area contributed by atoms with Gasteiger partial charge in [-0.25, -0.2) is 18.7 Å². The Labute approximate surface area is 157 Å². The van der Waals surface area contributed by atoms with Crippen molar-refractivity contribution in [3.05, 3.63) is 35.5 Å². The van der Waals surface area contributed by atoms with Crippen molar-refractivity contribution < 1.29 is 8.78 Å². The summed E-state index contributed by atoms with van der Waals surface area (Å²) in [4.78, 5) is 10.9. The molecule has 0 saturated heterocycles. The average molecular weight is 385 g/mol. The van der Waals surface area contributed by atoms with Crippen LogP contribution in [0.1, 0.15) is 17.7 Å². The van der Waals surface area contributed by atoms with Gasteiger partial charge in [0.15, 0.2) is 5.65 Å². The van der Waals surface area contributed by atoms with Crippen molar-refractivity contribution in [2.45, 2.75) is 25.2 Å². The zero-order chi connectivity index (χ0) is 18.8. The number of alkyl halides is 2. The molecule has 138 valence electrons. The topological polar surface area (TPSA) is 69.6 Å². The molecule has 0 unspecified atom stereocenters. The van der Waals surface area contributed by atoms with Crippen molar-refractivity contribution in [3.8, 4) is 11.3 Å². The average Bonchev–Trinajstić information content (AvgIpc) is 3.11. The molecule has 0 atom stereocenters. The van der Waals surface area contributed by atoms with Gasteiger partial charge in [0.05, 0.1) is 11.4 Å². The van der Waals surface area contributed by atoms with E-state index in [4.69, 9.17) is 10.7 Å². The SMILES string of the molecule is Cn1cc2cc(-c3ccc4c(N)c(CC5CC(F)(F)C5)sc4n3)cnc2n1.